The van der Waals surface area contributed by atoms with Crippen LogP contribution in [0.25, 0.3) is 0 Å². The lowest BCUT2D eigenvalue weighted by molar-refractivity contribution is -0.137. The molecule has 216 valence electrons. The van der Waals surface area contributed by atoms with E-state index in [1.807, 2.05) is 0 Å². The van der Waals surface area contributed by atoms with Crippen molar-refractivity contribution in [3.63, 3.8) is 0 Å². The van der Waals surface area contributed by atoms with Crippen molar-refractivity contribution in [2.75, 3.05) is 39.4 Å². The fourth-order valence-corrected chi connectivity index (χ4v) is 6.47. The summed E-state index contributed by atoms with van der Waals surface area (Å²) in [6.07, 6.45) is 1.73. The smallest absolute Gasteiger partial charge is 0.381 e. The molecule has 0 bridgehead atoms. The van der Waals surface area contributed by atoms with Gasteiger partial charge in [-0.1, -0.05) is 6.07 Å². The van der Waals surface area contributed by atoms with Crippen LogP contribution in [0, 0.1) is 0 Å². The van der Waals surface area contributed by atoms with Crippen molar-refractivity contribution >= 4 is 11.8 Å². The van der Waals surface area contributed by atoms with E-state index in [0.717, 1.165) is 62.2 Å². The molecule has 9 nitrogen and oxygen atoms in total. The molecular formula is C28H34F3N5O4. The Balaban J connectivity index is 1.13. The zero-order chi connectivity index (χ0) is 27.9. The summed E-state index contributed by atoms with van der Waals surface area (Å²) in [5, 5.41) is 3.09. The molecule has 0 spiro atoms. The molecule has 2 N–H and O–H groups in total. The first-order valence-electron chi connectivity index (χ1n) is 14.0. The van der Waals surface area contributed by atoms with Crippen LogP contribution in [-0.2, 0) is 33.3 Å². The number of benzene rings is 1. The van der Waals surface area contributed by atoms with Gasteiger partial charge in [0.05, 0.1) is 36.3 Å². The van der Waals surface area contributed by atoms with Gasteiger partial charge in [0.25, 0.3) is 5.91 Å². The molecule has 4 atom stereocenters. The molecule has 1 aromatic carbocycles. The van der Waals surface area contributed by atoms with Crippen LogP contribution in [0.4, 0.5) is 13.2 Å². The van der Waals surface area contributed by atoms with Gasteiger partial charge in [-0.3, -0.25) is 14.5 Å². The Hall–Kier alpha value is -2.96. The van der Waals surface area contributed by atoms with E-state index in [4.69, 9.17) is 9.47 Å². The third-order valence-corrected chi connectivity index (χ3v) is 8.57. The standard InChI is InChI=1S/C28H34F3N5O4/c29-28(30,31)18-4-3-17-7-9-35(27(38)20(17)12-18)15-25(37)34-22-13-36(19-2-1-10-39-11-8-19)14-24(22)40-23-6-5-21-26(23)33-16-32-21/h3-4,12,16,19,22-24H,1-2,5-11,13-15H2,(H,32,33)(H,34,37). The van der Waals surface area contributed by atoms with Crippen molar-refractivity contribution in [3.8, 4) is 0 Å². The number of carbonyl (C=O) groups excluding carboxylic acids is 2. The van der Waals surface area contributed by atoms with Crippen molar-refractivity contribution in [2.24, 2.45) is 0 Å². The number of aromatic nitrogens is 2. The van der Waals surface area contributed by atoms with Gasteiger partial charge in [-0.2, -0.15) is 13.2 Å². The molecule has 2 fully saturated rings. The molecule has 1 aromatic heterocycles. The summed E-state index contributed by atoms with van der Waals surface area (Å²) in [6, 6.07) is 3.29. The fraction of sp³-hybridized carbons (Fsp3) is 0.607. The lowest BCUT2D eigenvalue weighted by Crippen LogP contribution is -2.50. The Morgan fingerprint density at radius 3 is 2.90 bits per heavy atom. The number of H-pyrrole nitrogens is 1. The second-order valence-corrected chi connectivity index (χ2v) is 11.1. The van der Waals surface area contributed by atoms with E-state index >= 15 is 0 Å². The number of likely N-dealkylation sites (tertiary alicyclic amines) is 1. The Morgan fingerprint density at radius 2 is 2.05 bits per heavy atom. The average Bonchev–Trinajstić information content (AvgIpc) is 3.58. The normalized spacial score (nSPS) is 27.4. The number of aryl methyl sites for hydroxylation is 1. The van der Waals surface area contributed by atoms with Gasteiger partial charge in [-0.25, -0.2) is 4.98 Å². The summed E-state index contributed by atoms with van der Waals surface area (Å²) in [6.45, 7) is 2.80. The van der Waals surface area contributed by atoms with Crippen LogP contribution in [0.5, 0.6) is 0 Å². The number of amides is 2. The number of hydrogen-bond donors (Lipinski definition) is 2. The van der Waals surface area contributed by atoms with E-state index in [1.165, 1.54) is 11.0 Å². The summed E-state index contributed by atoms with van der Waals surface area (Å²) in [7, 11) is 0. The summed E-state index contributed by atoms with van der Waals surface area (Å²) in [4.78, 5) is 37.6. The number of alkyl halides is 3. The van der Waals surface area contributed by atoms with E-state index in [2.05, 4.69) is 20.2 Å². The van der Waals surface area contributed by atoms with Crippen LogP contribution in [0.15, 0.2) is 24.5 Å². The molecule has 2 amide bonds. The first kappa shape index (κ1) is 27.2. The van der Waals surface area contributed by atoms with Crippen LogP contribution in [0.1, 0.15) is 64.7 Å². The van der Waals surface area contributed by atoms with Gasteiger partial charge in [-0.15, -0.1) is 0 Å². The molecule has 12 heteroatoms. The summed E-state index contributed by atoms with van der Waals surface area (Å²) in [5.74, 6) is -0.904. The third-order valence-electron chi connectivity index (χ3n) is 8.57. The highest BCUT2D eigenvalue weighted by Gasteiger charge is 2.41. The number of carbonyl (C=O) groups is 2. The van der Waals surface area contributed by atoms with Gasteiger partial charge >= 0.3 is 6.18 Å². The molecule has 4 unspecified atom stereocenters. The fourth-order valence-electron chi connectivity index (χ4n) is 6.47. The van der Waals surface area contributed by atoms with Crippen LogP contribution < -0.4 is 5.32 Å². The SMILES string of the molecule is O=C(CN1CCc2ccc(C(F)(F)F)cc2C1=O)NC1CN(C2CCCOCC2)CC1OC1CCc2[nH]cnc21. The van der Waals surface area contributed by atoms with E-state index in [0.29, 0.717) is 37.7 Å². The lowest BCUT2D eigenvalue weighted by atomic mass is 9.96. The van der Waals surface area contributed by atoms with Gasteiger partial charge < -0.3 is 24.7 Å². The monoisotopic (exact) mass is 561 g/mol. The number of nitrogens with one attached hydrogen (secondary N) is 2. The number of fused-ring (bicyclic) bond motifs is 2. The molecule has 3 aliphatic heterocycles. The van der Waals surface area contributed by atoms with Gasteiger partial charge in [-0.05, 0) is 56.2 Å². The van der Waals surface area contributed by atoms with Crippen LogP contribution in [0.2, 0.25) is 0 Å². The van der Waals surface area contributed by atoms with Gasteiger partial charge in [0.1, 0.15) is 6.10 Å². The second kappa shape index (κ2) is 11.1. The Morgan fingerprint density at radius 1 is 1.18 bits per heavy atom. The number of imidazole rings is 1. The summed E-state index contributed by atoms with van der Waals surface area (Å²) < 4.78 is 51.9. The largest absolute Gasteiger partial charge is 0.416 e. The Kier molecular flexibility index (Phi) is 7.58. The first-order valence-corrected chi connectivity index (χ1v) is 14.0. The van der Waals surface area contributed by atoms with Crippen molar-refractivity contribution in [2.45, 2.75) is 69.0 Å². The van der Waals surface area contributed by atoms with E-state index < -0.39 is 17.6 Å². The van der Waals surface area contributed by atoms with Gasteiger partial charge in [0.2, 0.25) is 5.91 Å². The molecular weight excluding hydrogens is 527 g/mol. The van der Waals surface area contributed by atoms with Crippen LogP contribution in [-0.4, -0.2) is 89.2 Å². The average molecular weight is 562 g/mol. The first-order chi connectivity index (χ1) is 19.3. The molecule has 2 saturated heterocycles. The van der Waals surface area contributed by atoms with Gasteiger partial charge in [0.15, 0.2) is 0 Å². The maximum Gasteiger partial charge on any atom is 0.416 e. The molecule has 4 heterocycles. The third kappa shape index (κ3) is 5.61. The van der Waals surface area contributed by atoms with E-state index in [9.17, 15) is 22.8 Å². The number of nitrogens with zero attached hydrogens (tertiary/aromatic N) is 3. The van der Waals surface area contributed by atoms with Crippen LogP contribution >= 0.6 is 0 Å². The Bertz CT molecular complexity index is 1240. The van der Waals surface area contributed by atoms with Crippen LogP contribution in [0.3, 0.4) is 0 Å². The maximum absolute atomic E-state index is 13.2. The quantitative estimate of drug-likeness (QED) is 0.563. The number of hydrogen-bond acceptors (Lipinski definition) is 6. The molecule has 4 aliphatic rings. The predicted molar refractivity (Wildman–Crippen MR) is 138 cm³/mol. The molecule has 0 saturated carbocycles. The highest BCUT2D eigenvalue weighted by atomic mass is 19.4. The maximum atomic E-state index is 13.2. The van der Waals surface area contributed by atoms with Crippen molar-refractivity contribution in [1.29, 1.82) is 0 Å². The summed E-state index contributed by atoms with van der Waals surface area (Å²) in [5.41, 5.74) is 1.71. The minimum absolute atomic E-state index is 0.00810. The topological polar surface area (TPSA) is 99.8 Å². The number of ether oxygens (including phenoxy) is 2. The minimum Gasteiger partial charge on any atom is -0.381 e. The zero-order valence-electron chi connectivity index (χ0n) is 22.2. The van der Waals surface area contributed by atoms with Crippen molar-refractivity contribution < 1.29 is 32.2 Å². The summed E-state index contributed by atoms with van der Waals surface area (Å²) >= 11 is 0. The number of halogens is 3. The van der Waals surface area contributed by atoms with Gasteiger partial charge in [0, 0.05) is 50.1 Å². The minimum atomic E-state index is -4.54. The molecule has 6 rings (SSSR count). The van der Waals surface area contributed by atoms with Crippen molar-refractivity contribution in [3.05, 3.63) is 52.6 Å². The molecule has 2 aromatic rings. The second-order valence-electron chi connectivity index (χ2n) is 11.1. The number of aromatic amines is 1. The zero-order valence-corrected chi connectivity index (χ0v) is 22.2. The predicted octanol–water partition coefficient (Wildman–Crippen LogP) is 2.87. The highest BCUT2D eigenvalue weighted by molar-refractivity contribution is 5.99. The molecule has 1 aliphatic carbocycles. The lowest BCUT2D eigenvalue weighted by Gasteiger charge is -2.30. The highest BCUT2D eigenvalue weighted by Crippen LogP contribution is 2.35. The number of rotatable bonds is 6. The Labute approximate surface area is 230 Å². The molecule has 40 heavy (non-hydrogen) atoms. The molecule has 0 radical (unpaired) electrons. The van der Waals surface area contributed by atoms with E-state index in [-0.39, 0.29) is 42.8 Å². The van der Waals surface area contributed by atoms with E-state index in [1.54, 1.807) is 6.33 Å². The van der Waals surface area contributed by atoms with Crippen molar-refractivity contribution in [1.82, 2.24) is 25.1 Å².